The maximum absolute atomic E-state index is 13.1. The second-order valence-electron chi connectivity index (χ2n) is 9.90. The van der Waals surface area contributed by atoms with E-state index in [1.807, 2.05) is 66.4 Å². The van der Waals surface area contributed by atoms with E-state index in [2.05, 4.69) is 33.9 Å². The van der Waals surface area contributed by atoms with Gasteiger partial charge in [0.15, 0.2) is 13.9 Å². The van der Waals surface area contributed by atoms with Crippen LogP contribution < -0.4 is 4.74 Å². The van der Waals surface area contributed by atoms with Crippen LogP contribution in [0.2, 0.25) is 18.1 Å². The molecule has 5 nitrogen and oxygen atoms in total. The average Bonchev–Trinajstić information content (AvgIpc) is 2.96. The molecular weight excluding hydrogens is 406 g/mol. The monoisotopic (exact) mass is 441 g/mol. The van der Waals surface area contributed by atoms with Gasteiger partial charge in [-0.2, -0.15) is 0 Å². The lowest BCUT2D eigenvalue weighted by molar-refractivity contribution is 0.0307. The second kappa shape index (κ2) is 8.67. The van der Waals surface area contributed by atoms with Gasteiger partial charge in [-0.05, 0) is 48.3 Å². The van der Waals surface area contributed by atoms with Crippen LogP contribution in [0.1, 0.15) is 38.8 Å². The van der Waals surface area contributed by atoms with E-state index >= 15 is 0 Å². The van der Waals surface area contributed by atoms with Gasteiger partial charge in [-0.1, -0.05) is 63.2 Å². The molecular formula is C25H35NO4Si. The third-order valence-corrected chi connectivity index (χ3v) is 11.3. The Balaban J connectivity index is 1.95. The molecule has 168 valence electrons. The van der Waals surface area contributed by atoms with Gasteiger partial charge >= 0.3 is 6.09 Å². The van der Waals surface area contributed by atoms with E-state index in [4.69, 9.17) is 13.9 Å². The summed E-state index contributed by atoms with van der Waals surface area (Å²) in [6, 6.07) is 17.5. The van der Waals surface area contributed by atoms with E-state index in [0.717, 1.165) is 16.9 Å². The number of amides is 1. The molecule has 0 unspecified atom stereocenters. The highest BCUT2D eigenvalue weighted by molar-refractivity contribution is 6.74. The largest absolute Gasteiger partial charge is 0.497 e. The SMILES string of the molecule is COc1ccc([C@@]2(C)OC(=O)N(Cc3ccccc3)[C@H]2CO[Si](C)(C)C(C)(C)C)cc1. The summed E-state index contributed by atoms with van der Waals surface area (Å²) >= 11 is 0. The number of rotatable bonds is 7. The van der Waals surface area contributed by atoms with Gasteiger partial charge < -0.3 is 13.9 Å². The molecule has 0 saturated carbocycles. The van der Waals surface area contributed by atoms with Gasteiger partial charge in [0.25, 0.3) is 0 Å². The highest BCUT2D eigenvalue weighted by Gasteiger charge is 2.53. The Morgan fingerprint density at radius 3 is 2.23 bits per heavy atom. The van der Waals surface area contributed by atoms with Crippen LogP contribution in [0.3, 0.4) is 0 Å². The second-order valence-corrected chi connectivity index (χ2v) is 14.7. The highest BCUT2D eigenvalue weighted by atomic mass is 28.4. The van der Waals surface area contributed by atoms with E-state index in [9.17, 15) is 4.79 Å². The molecule has 1 fully saturated rings. The summed E-state index contributed by atoms with van der Waals surface area (Å²) in [6.07, 6.45) is -0.314. The first-order valence-electron chi connectivity index (χ1n) is 10.8. The third-order valence-electron chi connectivity index (χ3n) is 6.81. The quantitative estimate of drug-likeness (QED) is 0.498. The van der Waals surface area contributed by atoms with Crippen molar-refractivity contribution in [3.05, 3.63) is 65.7 Å². The number of methoxy groups -OCH3 is 1. The molecule has 0 spiro atoms. The zero-order chi connectivity index (χ0) is 22.9. The normalized spacial score (nSPS) is 21.8. The van der Waals surface area contributed by atoms with E-state index in [1.54, 1.807) is 7.11 Å². The Morgan fingerprint density at radius 2 is 1.68 bits per heavy atom. The van der Waals surface area contributed by atoms with Crippen molar-refractivity contribution in [2.24, 2.45) is 0 Å². The van der Waals surface area contributed by atoms with Crippen molar-refractivity contribution >= 4 is 14.4 Å². The molecule has 1 heterocycles. The van der Waals surface area contributed by atoms with Crippen molar-refractivity contribution in [2.45, 2.75) is 64.0 Å². The van der Waals surface area contributed by atoms with Crippen LogP contribution in [0, 0.1) is 0 Å². The highest BCUT2D eigenvalue weighted by Crippen LogP contribution is 2.42. The summed E-state index contributed by atoms with van der Waals surface area (Å²) in [5.41, 5.74) is 1.18. The Labute approximate surface area is 187 Å². The topological polar surface area (TPSA) is 48.0 Å². The van der Waals surface area contributed by atoms with Crippen LogP contribution in [0.15, 0.2) is 54.6 Å². The van der Waals surface area contributed by atoms with Crippen LogP contribution in [-0.4, -0.2) is 39.1 Å². The minimum atomic E-state index is -2.01. The molecule has 0 aromatic heterocycles. The van der Waals surface area contributed by atoms with Gasteiger partial charge in [0.1, 0.15) is 11.8 Å². The van der Waals surface area contributed by atoms with E-state index < -0.39 is 13.9 Å². The smallest absolute Gasteiger partial charge is 0.411 e. The van der Waals surface area contributed by atoms with Crippen LogP contribution in [0.25, 0.3) is 0 Å². The fourth-order valence-corrected chi connectivity index (χ4v) is 4.62. The first-order chi connectivity index (χ1) is 14.5. The summed E-state index contributed by atoms with van der Waals surface area (Å²) in [5, 5.41) is 0.0806. The molecule has 0 radical (unpaired) electrons. The standard InChI is InChI=1S/C25H35NO4Si/c1-24(2,3)31(6,7)29-18-22-25(4,20-13-15-21(28-5)16-14-20)30-23(27)26(22)17-19-11-9-8-10-12-19/h8-16,22H,17-18H2,1-7H3/t22-,25+/m0/s1. The molecule has 0 bridgehead atoms. The van der Waals surface area contributed by atoms with Crippen molar-refractivity contribution in [1.29, 1.82) is 0 Å². The lowest BCUT2D eigenvalue weighted by Crippen LogP contribution is -2.49. The Kier molecular flexibility index (Phi) is 6.53. The molecule has 1 saturated heterocycles. The maximum atomic E-state index is 13.1. The number of hydrogen-bond donors (Lipinski definition) is 0. The van der Waals surface area contributed by atoms with Gasteiger partial charge in [0.05, 0.1) is 13.7 Å². The van der Waals surface area contributed by atoms with Gasteiger partial charge in [-0.15, -0.1) is 0 Å². The predicted octanol–water partition coefficient (Wildman–Crippen LogP) is 5.95. The van der Waals surface area contributed by atoms with Crippen molar-refractivity contribution < 1.29 is 18.7 Å². The molecule has 1 amide bonds. The van der Waals surface area contributed by atoms with Crippen LogP contribution >= 0.6 is 0 Å². The summed E-state index contributed by atoms with van der Waals surface area (Å²) in [4.78, 5) is 14.9. The molecule has 1 aliphatic heterocycles. The number of carbonyl (C=O) groups excluding carboxylic acids is 1. The molecule has 1 aliphatic rings. The van der Waals surface area contributed by atoms with Gasteiger partial charge in [0.2, 0.25) is 0 Å². The number of benzene rings is 2. The molecule has 2 aromatic carbocycles. The Bertz CT molecular complexity index is 892. The fourth-order valence-electron chi connectivity index (χ4n) is 3.61. The van der Waals surface area contributed by atoms with Crippen molar-refractivity contribution in [3.63, 3.8) is 0 Å². The number of carbonyl (C=O) groups is 1. The van der Waals surface area contributed by atoms with Crippen LogP contribution in [-0.2, 0) is 21.3 Å². The molecule has 6 heteroatoms. The van der Waals surface area contributed by atoms with Gasteiger partial charge in [-0.25, -0.2) is 4.79 Å². The lowest BCUT2D eigenvalue weighted by Gasteiger charge is -2.39. The first kappa shape index (κ1) is 23.4. The molecule has 2 atom stereocenters. The predicted molar refractivity (Wildman–Crippen MR) is 126 cm³/mol. The van der Waals surface area contributed by atoms with Crippen molar-refractivity contribution in [1.82, 2.24) is 4.90 Å². The van der Waals surface area contributed by atoms with Crippen LogP contribution in [0.4, 0.5) is 4.79 Å². The zero-order valence-corrected chi connectivity index (χ0v) is 20.8. The summed E-state index contributed by atoms with van der Waals surface area (Å²) in [7, 11) is -0.365. The fraction of sp³-hybridized carbons (Fsp3) is 0.480. The van der Waals surface area contributed by atoms with E-state index in [0.29, 0.717) is 13.2 Å². The first-order valence-corrected chi connectivity index (χ1v) is 13.7. The Morgan fingerprint density at radius 1 is 1.06 bits per heavy atom. The minimum absolute atomic E-state index is 0.0806. The van der Waals surface area contributed by atoms with Crippen LogP contribution in [0.5, 0.6) is 5.75 Å². The van der Waals surface area contributed by atoms with E-state index in [-0.39, 0.29) is 17.2 Å². The molecule has 31 heavy (non-hydrogen) atoms. The Hall–Kier alpha value is -2.31. The zero-order valence-electron chi connectivity index (χ0n) is 19.8. The minimum Gasteiger partial charge on any atom is -0.497 e. The van der Waals surface area contributed by atoms with Gasteiger partial charge in [-0.3, -0.25) is 4.90 Å². The van der Waals surface area contributed by atoms with Crippen molar-refractivity contribution in [2.75, 3.05) is 13.7 Å². The van der Waals surface area contributed by atoms with Gasteiger partial charge in [0, 0.05) is 6.54 Å². The number of nitrogens with zero attached hydrogens (tertiary/aromatic N) is 1. The number of hydrogen-bond acceptors (Lipinski definition) is 4. The summed E-state index contributed by atoms with van der Waals surface area (Å²) in [6.45, 7) is 14.0. The average molecular weight is 442 g/mol. The van der Waals surface area contributed by atoms with Crippen molar-refractivity contribution in [3.8, 4) is 5.75 Å². The number of ether oxygens (including phenoxy) is 2. The molecule has 3 rings (SSSR count). The maximum Gasteiger partial charge on any atom is 0.411 e. The lowest BCUT2D eigenvalue weighted by atomic mass is 9.88. The summed E-state index contributed by atoms with van der Waals surface area (Å²) in [5.74, 6) is 0.770. The van der Waals surface area contributed by atoms with E-state index in [1.165, 1.54) is 0 Å². The molecule has 2 aromatic rings. The molecule has 0 aliphatic carbocycles. The summed E-state index contributed by atoms with van der Waals surface area (Å²) < 4.78 is 17.9. The third kappa shape index (κ3) is 4.80. The molecule has 0 N–H and O–H groups in total. The number of cyclic esters (lactones) is 1.